The van der Waals surface area contributed by atoms with E-state index in [0.29, 0.717) is 24.6 Å². The minimum Gasteiger partial charge on any atom is -0.475 e. The molecule has 2 rings (SSSR count). The van der Waals surface area contributed by atoms with E-state index in [4.69, 9.17) is 4.74 Å². The van der Waals surface area contributed by atoms with Gasteiger partial charge in [-0.1, -0.05) is 0 Å². The standard InChI is InChI=1S/C16H23N3OS/c1-12(2)19(13(3)4)8-9-20-16-15(17-6-7-18-16)14-5-10-21-11-14/h5-7,10-13H,8-9H2,1-4H3. The predicted octanol–water partition coefficient (Wildman–Crippen LogP) is 3.70. The van der Waals surface area contributed by atoms with Crippen LogP contribution in [0, 0.1) is 0 Å². The monoisotopic (exact) mass is 305 g/mol. The fourth-order valence-electron chi connectivity index (χ4n) is 2.39. The second-order valence-corrected chi connectivity index (χ2v) is 6.28. The number of nitrogens with zero attached hydrogens (tertiary/aromatic N) is 3. The Morgan fingerprint density at radius 1 is 1.14 bits per heavy atom. The van der Waals surface area contributed by atoms with E-state index in [0.717, 1.165) is 17.8 Å². The summed E-state index contributed by atoms with van der Waals surface area (Å²) in [6.45, 7) is 10.3. The van der Waals surface area contributed by atoms with Gasteiger partial charge in [0.2, 0.25) is 5.88 Å². The predicted molar refractivity (Wildman–Crippen MR) is 87.8 cm³/mol. The van der Waals surface area contributed by atoms with Crippen molar-refractivity contribution in [3.63, 3.8) is 0 Å². The van der Waals surface area contributed by atoms with Gasteiger partial charge in [-0.15, -0.1) is 0 Å². The van der Waals surface area contributed by atoms with Gasteiger partial charge in [-0.25, -0.2) is 9.97 Å². The van der Waals surface area contributed by atoms with Gasteiger partial charge in [0.05, 0.1) is 0 Å². The largest absolute Gasteiger partial charge is 0.475 e. The number of thiophene rings is 1. The average molecular weight is 305 g/mol. The summed E-state index contributed by atoms with van der Waals surface area (Å²) >= 11 is 1.65. The molecule has 0 atom stereocenters. The Labute approximate surface area is 130 Å². The van der Waals surface area contributed by atoms with Crippen LogP contribution >= 0.6 is 11.3 Å². The van der Waals surface area contributed by atoms with E-state index in [9.17, 15) is 0 Å². The number of rotatable bonds is 7. The highest BCUT2D eigenvalue weighted by Gasteiger charge is 2.14. The maximum absolute atomic E-state index is 5.88. The molecule has 0 aliphatic heterocycles. The number of ether oxygens (including phenoxy) is 1. The molecule has 0 bridgehead atoms. The Hall–Kier alpha value is -1.46. The van der Waals surface area contributed by atoms with Crippen molar-refractivity contribution in [2.45, 2.75) is 39.8 Å². The lowest BCUT2D eigenvalue weighted by atomic mass is 10.2. The zero-order chi connectivity index (χ0) is 15.2. The van der Waals surface area contributed by atoms with Crippen molar-refractivity contribution in [2.75, 3.05) is 13.2 Å². The number of hydrogen-bond donors (Lipinski definition) is 0. The van der Waals surface area contributed by atoms with Crippen LogP contribution in [0.1, 0.15) is 27.7 Å². The van der Waals surface area contributed by atoms with Gasteiger partial charge in [-0.2, -0.15) is 11.3 Å². The van der Waals surface area contributed by atoms with E-state index in [1.807, 2.05) is 11.4 Å². The molecule has 5 heteroatoms. The van der Waals surface area contributed by atoms with E-state index in [1.54, 1.807) is 23.7 Å². The van der Waals surface area contributed by atoms with Crippen LogP contribution in [-0.2, 0) is 0 Å². The number of hydrogen-bond acceptors (Lipinski definition) is 5. The van der Waals surface area contributed by atoms with Crippen LogP contribution in [0.4, 0.5) is 0 Å². The second kappa shape index (κ2) is 7.52. The van der Waals surface area contributed by atoms with Crippen molar-refractivity contribution in [1.29, 1.82) is 0 Å². The van der Waals surface area contributed by atoms with Gasteiger partial charge < -0.3 is 4.74 Å². The van der Waals surface area contributed by atoms with Crippen LogP contribution in [0.3, 0.4) is 0 Å². The van der Waals surface area contributed by atoms with Crippen LogP contribution in [0.15, 0.2) is 29.2 Å². The van der Waals surface area contributed by atoms with E-state index >= 15 is 0 Å². The van der Waals surface area contributed by atoms with Crippen molar-refractivity contribution in [3.8, 4) is 17.1 Å². The molecule has 0 fully saturated rings. The molecule has 0 aliphatic carbocycles. The Kier molecular flexibility index (Phi) is 5.70. The molecule has 0 aliphatic rings. The maximum atomic E-state index is 5.88. The molecular formula is C16H23N3OS. The van der Waals surface area contributed by atoms with E-state index in [-0.39, 0.29) is 0 Å². The van der Waals surface area contributed by atoms with Crippen molar-refractivity contribution in [3.05, 3.63) is 29.2 Å². The molecule has 0 aromatic carbocycles. The smallest absolute Gasteiger partial charge is 0.240 e. The minimum atomic E-state index is 0.506. The lowest BCUT2D eigenvalue weighted by Gasteiger charge is -2.30. The molecule has 0 saturated carbocycles. The first-order valence-electron chi connectivity index (χ1n) is 7.31. The Bertz CT molecular complexity index is 532. The summed E-state index contributed by atoms with van der Waals surface area (Å²) in [5.74, 6) is 0.614. The lowest BCUT2D eigenvalue weighted by Crippen LogP contribution is -2.39. The number of aromatic nitrogens is 2. The molecule has 2 aromatic rings. The van der Waals surface area contributed by atoms with Gasteiger partial charge in [0.25, 0.3) is 0 Å². The third-order valence-corrected chi connectivity index (χ3v) is 4.06. The van der Waals surface area contributed by atoms with Gasteiger partial charge in [0, 0.05) is 42.0 Å². The van der Waals surface area contributed by atoms with Crippen LogP contribution in [0.2, 0.25) is 0 Å². The quantitative estimate of drug-likeness (QED) is 0.782. The van der Waals surface area contributed by atoms with Crippen LogP contribution in [0.25, 0.3) is 11.3 Å². The van der Waals surface area contributed by atoms with E-state index < -0.39 is 0 Å². The molecule has 0 unspecified atom stereocenters. The molecule has 4 nitrogen and oxygen atoms in total. The Morgan fingerprint density at radius 2 is 1.86 bits per heavy atom. The van der Waals surface area contributed by atoms with Crippen molar-refractivity contribution < 1.29 is 4.74 Å². The van der Waals surface area contributed by atoms with Crippen LogP contribution in [-0.4, -0.2) is 40.1 Å². The zero-order valence-corrected chi connectivity index (χ0v) is 13.9. The van der Waals surface area contributed by atoms with Crippen LogP contribution in [0.5, 0.6) is 5.88 Å². The SMILES string of the molecule is CC(C)N(CCOc1nccnc1-c1ccsc1)C(C)C. The zero-order valence-electron chi connectivity index (χ0n) is 13.1. The Balaban J connectivity index is 2.01. The third kappa shape index (κ3) is 4.25. The summed E-state index contributed by atoms with van der Waals surface area (Å²) in [6, 6.07) is 3.05. The second-order valence-electron chi connectivity index (χ2n) is 5.50. The minimum absolute atomic E-state index is 0.506. The molecule has 21 heavy (non-hydrogen) atoms. The first-order chi connectivity index (χ1) is 10.1. The van der Waals surface area contributed by atoms with Crippen LogP contribution < -0.4 is 4.74 Å². The van der Waals surface area contributed by atoms with Crippen molar-refractivity contribution in [2.24, 2.45) is 0 Å². The van der Waals surface area contributed by atoms with Crippen molar-refractivity contribution in [1.82, 2.24) is 14.9 Å². The van der Waals surface area contributed by atoms with Gasteiger partial charge >= 0.3 is 0 Å². The first kappa shape index (κ1) is 15.9. The summed E-state index contributed by atoms with van der Waals surface area (Å²) in [7, 11) is 0. The van der Waals surface area contributed by atoms with Crippen molar-refractivity contribution >= 4 is 11.3 Å². The van der Waals surface area contributed by atoms with Gasteiger partial charge in [-0.05, 0) is 39.1 Å². The lowest BCUT2D eigenvalue weighted by molar-refractivity contribution is 0.140. The highest BCUT2D eigenvalue weighted by Crippen LogP contribution is 2.27. The topological polar surface area (TPSA) is 38.2 Å². The third-order valence-electron chi connectivity index (χ3n) is 3.37. The average Bonchev–Trinajstić information content (AvgIpc) is 2.97. The highest BCUT2D eigenvalue weighted by molar-refractivity contribution is 7.08. The highest BCUT2D eigenvalue weighted by atomic mass is 32.1. The molecule has 2 aromatic heterocycles. The molecule has 0 N–H and O–H groups in total. The summed E-state index contributed by atoms with van der Waals surface area (Å²) in [5.41, 5.74) is 1.88. The van der Waals surface area contributed by atoms with Gasteiger partial charge in [0.15, 0.2) is 0 Å². The van der Waals surface area contributed by atoms with E-state index in [2.05, 4.69) is 47.9 Å². The van der Waals surface area contributed by atoms with E-state index in [1.165, 1.54) is 0 Å². The summed E-state index contributed by atoms with van der Waals surface area (Å²) in [5, 5.41) is 4.10. The summed E-state index contributed by atoms with van der Waals surface area (Å²) in [4.78, 5) is 11.1. The van der Waals surface area contributed by atoms with Gasteiger partial charge in [-0.3, -0.25) is 4.90 Å². The molecule has 0 spiro atoms. The molecule has 114 valence electrons. The summed E-state index contributed by atoms with van der Waals surface area (Å²) in [6.07, 6.45) is 3.38. The summed E-state index contributed by atoms with van der Waals surface area (Å²) < 4.78 is 5.88. The molecule has 2 heterocycles. The molecular weight excluding hydrogens is 282 g/mol. The molecule has 0 amide bonds. The maximum Gasteiger partial charge on any atom is 0.240 e. The Morgan fingerprint density at radius 3 is 2.48 bits per heavy atom. The fourth-order valence-corrected chi connectivity index (χ4v) is 3.03. The fraction of sp³-hybridized carbons (Fsp3) is 0.500. The first-order valence-corrected chi connectivity index (χ1v) is 8.26. The molecule has 0 radical (unpaired) electrons. The molecule has 0 saturated heterocycles. The van der Waals surface area contributed by atoms with Gasteiger partial charge in [0.1, 0.15) is 12.3 Å². The normalized spacial score (nSPS) is 11.6.